The Labute approximate surface area is 71.0 Å². The maximum absolute atomic E-state index is 11.4. The van der Waals surface area contributed by atoms with Crippen molar-refractivity contribution in [1.82, 2.24) is 9.71 Å². The van der Waals surface area contributed by atoms with Crippen LogP contribution in [0, 0.1) is 0 Å². The zero-order valence-corrected chi connectivity index (χ0v) is 7.32. The second kappa shape index (κ2) is 2.60. The summed E-state index contributed by atoms with van der Waals surface area (Å²) in [6, 6.07) is 0. The summed E-state index contributed by atoms with van der Waals surface area (Å²) in [5.74, 6) is 0. The Hall–Kier alpha value is -0.810. The van der Waals surface area contributed by atoms with Gasteiger partial charge in [0.1, 0.15) is 4.90 Å². The molecule has 0 unspecified atom stereocenters. The number of hydrogen-bond acceptors (Lipinski definition) is 2. The summed E-state index contributed by atoms with van der Waals surface area (Å²) >= 11 is 0. The van der Waals surface area contributed by atoms with Crippen LogP contribution in [0.5, 0.6) is 0 Å². The Morgan fingerprint density at radius 1 is 1.33 bits per heavy atom. The Kier molecular flexibility index (Phi) is 1.69. The van der Waals surface area contributed by atoms with Crippen molar-refractivity contribution in [3.8, 4) is 0 Å². The highest BCUT2D eigenvalue weighted by molar-refractivity contribution is 7.89. The van der Waals surface area contributed by atoms with Crippen LogP contribution in [0.2, 0.25) is 0 Å². The van der Waals surface area contributed by atoms with Crippen LogP contribution in [0.4, 0.5) is 0 Å². The molecule has 0 radical (unpaired) electrons. The molecule has 2 N–H and O–H groups in total. The van der Waals surface area contributed by atoms with Crippen molar-refractivity contribution in [1.29, 1.82) is 0 Å². The molecular weight excluding hydrogens is 176 g/mol. The average molecular weight is 186 g/mol. The highest BCUT2D eigenvalue weighted by Gasteiger charge is 2.21. The first-order valence-electron chi connectivity index (χ1n) is 3.85. The summed E-state index contributed by atoms with van der Waals surface area (Å²) in [4.78, 5) is 3.21. The molecule has 0 aromatic carbocycles. The monoisotopic (exact) mass is 186 g/mol. The van der Waals surface area contributed by atoms with Gasteiger partial charge in [-0.15, -0.1) is 0 Å². The molecule has 0 spiro atoms. The number of rotatable bonds is 0. The lowest BCUT2D eigenvalue weighted by Crippen LogP contribution is -2.22. The van der Waals surface area contributed by atoms with Crippen molar-refractivity contribution in [3.63, 3.8) is 0 Å². The van der Waals surface area contributed by atoms with E-state index in [9.17, 15) is 8.42 Å². The van der Waals surface area contributed by atoms with Gasteiger partial charge >= 0.3 is 0 Å². The van der Waals surface area contributed by atoms with Crippen LogP contribution in [0.25, 0.3) is 0 Å². The molecule has 0 atom stereocenters. The highest BCUT2D eigenvalue weighted by Crippen LogP contribution is 2.18. The Morgan fingerprint density at radius 2 is 2.17 bits per heavy atom. The minimum atomic E-state index is -3.22. The van der Waals surface area contributed by atoms with E-state index in [1.54, 1.807) is 6.20 Å². The first-order valence-corrected chi connectivity index (χ1v) is 5.34. The first kappa shape index (κ1) is 7.82. The van der Waals surface area contributed by atoms with Crippen LogP contribution in [-0.4, -0.2) is 19.9 Å². The van der Waals surface area contributed by atoms with Gasteiger partial charge in [-0.25, -0.2) is 13.1 Å². The lowest BCUT2D eigenvalue weighted by atomic mass is 10.2. The SMILES string of the molecule is O=S1(=O)NCCCc2c[nH]cc21. The molecule has 0 saturated heterocycles. The van der Waals surface area contributed by atoms with Crippen LogP contribution >= 0.6 is 0 Å². The molecule has 4 nitrogen and oxygen atoms in total. The molecule has 2 rings (SSSR count). The summed E-state index contributed by atoms with van der Waals surface area (Å²) < 4.78 is 25.4. The first-order chi connectivity index (χ1) is 5.70. The van der Waals surface area contributed by atoms with E-state index in [0.29, 0.717) is 11.4 Å². The average Bonchev–Trinajstić information content (AvgIpc) is 2.42. The third-order valence-corrected chi connectivity index (χ3v) is 3.54. The molecule has 12 heavy (non-hydrogen) atoms. The molecule has 1 aromatic rings. The molecule has 0 bridgehead atoms. The van der Waals surface area contributed by atoms with Crippen molar-refractivity contribution in [2.75, 3.05) is 6.54 Å². The fourth-order valence-corrected chi connectivity index (χ4v) is 2.69. The normalized spacial score (nSPS) is 21.3. The Balaban J connectivity index is 2.58. The van der Waals surface area contributed by atoms with Gasteiger partial charge in [-0.1, -0.05) is 0 Å². The van der Waals surface area contributed by atoms with E-state index in [-0.39, 0.29) is 0 Å². The summed E-state index contributed by atoms with van der Waals surface area (Å²) in [6.07, 6.45) is 4.97. The van der Waals surface area contributed by atoms with Crippen LogP contribution < -0.4 is 4.72 Å². The van der Waals surface area contributed by atoms with Crippen molar-refractivity contribution in [2.45, 2.75) is 17.7 Å². The van der Waals surface area contributed by atoms with E-state index < -0.39 is 10.0 Å². The largest absolute Gasteiger partial charge is 0.366 e. The number of nitrogens with one attached hydrogen (secondary N) is 2. The molecule has 0 saturated carbocycles. The van der Waals surface area contributed by atoms with E-state index >= 15 is 0 Å². The molecule has 1 aliphatic heterocycles. The predicted octanol–water partition coefficient (Wildman–Crippen LogP) is 0.239. The zero-order valence-electron chi connectivity index (χ0n) is 6.50. The number of aryl methyl sites for hydroxylation is 1. The van der Waals surface area contributed by atoms with Gasteiger partial charge in [-0.05, 0) is 18.4 Å². The minimum Gasteiger partial charge on any atom is -0.366 e. The van der Waals surface area contributed by atoms with Gasteiger partial charge in [0.2, 0.25) is 10.0 Å². The maximum atomic E-state index is 11.4. The molecule has 0 aliphatic carbocycles. The fraction of sp³-hybridized carbons (Fsp3) is 0.429. The highest BCUT2D eigenvalue weighted by atomic mass is 32.2. The van der Waals surface area contributed by atoms with Crippen molar-refractivity contribution >= 4 is 10.0 Å². The molecule has 0 fully saturated rings. The predicted molar refractivity (Wildman–Crippen MR) is 44.3 cm³/mol. The second-order valence-corrected chi connectivity index (χ2v) is 4.58. The fourth-order valence-electron chi connectivity index (χ4n) is 1.39. The van der Waals surface area contributed by atoms with E-state index in [0.717, 1.165) is 18.4 Å². The molecule has 1 aromatic heterocycles. The molecule has 1 aliphatic rings. The number of sulfonamides is 1. The summed E-state index contributed by atoms with van der Waals surface area (Å²) in [5.41, 5.74) is 0.889. The Bertz CT molecular complexity index is 380. The topological polar surface area (TPSA) is 62.0 Å². The van der Waals surface area contributed by atoms with E-state index in [1.807, 2.05) is 0 Å². The van der Waals surface area contributed by atoms with Crippen molar-refractivity contribution < 1.29 is 8.42 Å². The van der Waals surface area contributed by atoms with Crippen molar-refractivity contribution in [3.05, 3.63) is 18.0 Å². The summed E-state index contributed by atoms with van der Waals surface area (Å²) in [5, 5.41) is 0. The third kappa shape index (κ3) is 1.15. The van der Waals surface area contributed by atoms with Crippen LogP contribution in [0.15, 0.2) is 17.3 Å². The van der Waals surface area contributed by atoms with Gasteiger partial charge in [-0.2, -0.15) is 0 Å². The molecular formula is C7H10N2O2S. The van der Waals surface area contributed by atoms with Gasteiger partial charge in [0.15, 0.2) is 0 Å². The smallest absolute Gasteiger partial charge is 0.242 e. The summed E-state index contributed by atoms with van der Waals surface area (Å²) in [6.45, 7) is 0.539. The maximum Gasteiger partial charge on any atom is 0.242 e. The minimum absolute atomic E-state index is 0.403. The number of H-pyrrole nitrogens is 1. The van der Waals surface area contributed by atoms with Gasteiger partial charge in [0, 0.05) is 18.9 Å². The zero-order chi connectivity index (χ0) is 8.60. The lowest BCUT2D eigenvalue weighted by molar-refractivity contribution is 0.583. The van der Waals surface area contributed by atoms with E-state index in [4.69, 9.17) is 0 Å². The molecule has 2 heterocycles. The quantitative estimate of drug-likeness (QED) is 0.609. The Morgan fingerprint density at radius 3 is 3.00 bits per heavy atom. The lowest BCUT2D eigenvalue weighted by Gasteiger charge is -1.99. The van der Waals surface area contributed by atoms with Gasteiger partial charge in [0.25, 0.3) is 0 Å². The second-order valence-electron chi connectivity index (χ2n) is 2.85. The van der Waals surface area contributed by atoms with Crippen LogP contribution in [0.3, 0.4) is 0 Å². The third-order valence-electron chi connectivity index (χ3n) is 1.99. The van der Waals surface area contributed by atoms with Gasteiger partial charge < -0.3 is 4.98 Å². The van der Waals surface area contributed by atoms with Crippen molar-refractivity contribution in [2.24, 2.45) is 0 Å². The van der Waals surface area contributed by atoms with Crippen LogP contribution in [-0.2, 0) is 16.4 Å². The van der Waals surface area contributed by atoms with Gasteiger partial charge in [0.05, 0.1) is 0 Å². The number of aromatic nitrogens is 1. The number of hydrogen-bond donors (Lipinski definition) is 2. The van der Waals surface area contributed by atoms with Crippen LogP contribution in [0.1, 0.15) is 12.0 Å². The van der Waals surface area contributed by atoms with E-state index in [1.165, 1.54) is 6.20 Å². The van der Waals surface area contributed by atoms with E-state index in [2.05, 4.69) is 9.71 Å². The number of aromatic amines is 1. The summed E-state index contributed by atoms with van der Waals surface area (Å²) in [7, 11) is -3.22. The standard InChI is InChI=1S/C7H10N2O2S/c10-12(11)7-5-8-4-6(7)2-1-3-9-12/h4-5,8-9H,1-3H2. The number of fused-ring (bicyclic) bond motifs is 1. The molecule has 66 valence electrons. The van der Waals surface area contributed by atoms with Gasteiger partial charge in [-0.3, -0.25) is 0 Å². The molecule has 5 heteroatoms. The molecule has 0 amide bonds.